The zero-order chi connectivity index (χ0) is 15.9. The van der Waals surface area contributed by atoms with Crippen molar-refractivity contribution in [2.75, 3.05) is 13.1 Å². The second-order valence-corrected chi connectivity index (χ2v) is 6.85. The highest BCUT2D eigenvalue weighted by atomic mass is 16.6. The lowest BCUT2D eigenvalue weighted by atomic mass is 10.0. The van der Waals surface area contributed by atoms with Crippen molar-refractivity contribution in [1.82, 2.24) is 10.6 Å². The second kappa shape index (κ2) is 8.27. The van der Waals surface area contributed by atoms with Gasteiger partial charge in [0.05, 0.1) is 6.26 Å². The molecule has 1 heterocycles. The van der Waals surface area contributed by atoms with Crippen LogP contribution in [0.1, 0.15) is 47.5 Å². The number of ether oxygens (including phenoxy) is 2. The Kier molecular flexibility index (Phi) is 7.02. The number of carbonyl (C=O) groups is 1. The van der Waals surface area contributed by atoms with Crippen LogP contribution in [0.2, 0.25) is 0 Å². The molecule has 0 fully saturated rings. The Morgan fingerprint density at radius 1 is 1.43 bits per heavy atom. The second-order valence-electron chi connectivity index (χ2n) is 6.85. The first kappa shape index (κ1) is 17.8. The summed E-state index contributed by atoms with van der Waals surface area (Å²) in [6.45, 7) is 11.2. The molecule has 0 aromatic rings. The number of nitrogens with one attached hydrogen (secondary N) is 2. The standard InChI is InChI=1S/C16H30N2O3/c1-12(2)14(11-18-15(19)21-16(3,4)5)17-10-13-8-6-7-9-20-13/h7,9,12-14,17H,6,8,10-11H2,1-5H3,(H,18,19). The highest BCUT2D eigenvalue weighted by Crippen LogP contribution is 2.10. The molecule has 2 N–H and O–H groups in total. The number of alkyl carbamates (subject to hydrolysis) is 1. The summed E-state index contributed by atoms with van der Waals surface area (Å²) in [5, 5.41) is 6.31. The van der Waals surface area contributed by atoms with Crippen LogP contribution in [0.15, 0.2) is 12.3 Å². The first-order chi connectivity index (χ1) is 9.78. The fraction of sp³-hybridized carbons (Fsp3) is 0.812. The fourth-order valence-electron chi connectivity index (χ4n) is 2.07. The Hall–Kier alpha value is -1.23. The van der Waals surface area contributed by atoms with Gasteiger partial charge in [-0.05, 0) is 45.6 Å². The van der Waals surface area contributed by atoms with Crippen molar-refractivity contribution >= 4 is 6.09 Å². The molecular formula is C16H30N2O3. The van der Waals surface area contributed by atoms with E-state index in [1.165, 1.54) is 0 Å². The van der Waals surface area contributed by atoms with E-state index < -0.39 is 5.60 Å². The molecule has 0 saturated heterocycles. The maximum Gasteiger partial charge on any atom is 0.407 e. The summed E-state index contributed by atoms with van der Waals surface area (Å²) >= 11 is 0. The Bertz CT molecular complexity index is 348. The minimum absolute atomic E-state index is 0.201. The number of hydrogen-bond acceptors (Lipinski definition) is 4. The highest BCUT2D eigenvalue weighted by Gasteiger charge is 2.20. The van der Waals surface area contributed by atoms with Gasteiger partial charge in [-0.2, -0.15) is 0 Å². The van der Waals surface area contributed by atoms with E-state index in [2.05, 4.69) is 24.5 Å². The predicted molar refractivity (Wildman–Crippen MR) is 84.1 cm³/mol. The van der Waals surface area contributed by atoms with Crippen molar-refractivity contribution < 1.29 is 14.3 Å². The zero-order valence-electron chi connectivity index (χ0n) is 13.9. The number of rotatable bonds is 6. The van der Waals surface area contributed by atoms with E-state index in [4.69, 9.17) is 9.47 Å². The molecule has 1 aliphatic rings. The molecular weight excluding hydrogens is 268 g/mol. The van der Waals surface area contributed by atoms with Gasteiger partial charge in [0.2, 0.25) is 0 Å². The van der Waals surface area contributed by atoms with Crippen LogP contribution in [0, 0.1) is 5.92 Å². The molecule has 1 amide bonds. The average Bonchev–Trinajstić information content (AvgIpc) is 2.37. The molecule has 1 aliphatic heterocycles. The van der Waals surface area contributed by atoms with Crippen LogP contribution in [-0.2, 0) is 9.47 Å². The Labute approximate surface area is 128 Å². The minimum Gasteiger partial charge on any atom is -0.497 e. The molecule has 0 spiro atoms. The highest BCUT2D eigenvalue weighted by molar-refractivity contribution is 5.67. The molecule has 0 aromatic carbocycles. The third-order valence-electron chi connectivity index (χ3n) is 3.30. The van der Waals surface area contributed by atoms with Gasteiger partial charge in [0.1, 0.15) is 11.7 Å². The molecule has 21 heavy (non-hydrogen) atoms. The van der Waals surface area contributed by atoms with Crippen LogP contribution in [0.5, 0.6) is 0 Å². The average molecular weight is 298 g/mol. The van der Waals surface area contributed by atoms with E-state index in [0.717, 1.165) is 19.4 Å². The third kappa shape index (κ3) is 7.95. The number of carbonyl (C=O) groups excluding carboxylic acids is 1. The molecule has 0 saturated carbocycles. The largest absolute Gasteiger partial charge is 0.497 e. The minimum atomic E-state index is -0.465. The van der Waals surface area contributed by atoms with Crippen molar-refractivity contribution in [3.8, 4) is 0 Å². The normalized spacial score (nSPS) is 20.0. The molecule has 2 unspecified atom stereocenters. The summed E-state index contributed by atoms with van der Waals surface area (Å²) in [4.78, 5) is 11.7. The lowest BCUT2D eigenvalue weighted by Gasteiger charge is -2.27. The van der Waals surface area contributed by atoms with Gasteiger partial charge in [-0.3, -0.25) is 0 Å². The fourth-order valence-corrected chi connectivity index (χ4v) is 2.07. The van der Waals surface area contributed by atoms with Gasteiger partial charge in [0.25, 0.3) is 0 Å². The van der Waals surface area contributed by atoms with E-state index in [9.17, 15) is 4.79 Å². The topological polar surface area (TPSA) is 59.6 Å². The van der Waals surface area contributed by atoms with Gasteiger partial charge in [0, 0.05) is 19.1 Å². The molecule has 2 atom stereocenters. The van der Waals surface area contributed by atoms with Gasteiger partial charge in [0.15, 0.2) is 0 Å². The van der Waals surface area contributed by atoms with Crippen LogP contribution in [0.25, 0.3) is 0 Å². The van der Waals surface area contributed by atoms with E-state index in [-0.39, 0.29) is 18.2 Å². The van der Waals surface area contributed by atoms with Gasteiger partial charge >= 0.3 is 6.09 Å². The molecule has 0 aromatic heterocycles. The number of hydrogen-bond donors (Lipinski definition) is 2. The van der Waals surface area contributed by atoms with Crippen molar-refractivity contribution in [2.45, 2.75) is 65.2 Å². The molecule has 5 heteroatoms. The molecule has 0 aliphatic carbocycles. The Morgan fingerprint density at radius 3 is 2.67 bits per heavy atom. The first-order valence-electron chi connectivity index (χ1n) is 7.78. The summed E-state index contributed by atoms with van der Waals surface area (Å²) in [6, 6.07) is 0.201. The zero-order valence-corrected chi connectivity index (χ0v) is 13.9. The molecule has 122 valence electrons. The van der Waals surface area contributed by atoms with Crippen LogP contribution < -0.4 is 10.6 Å². The van der Waals surface area contributed by atoms with Gasteiger partial charge < -0.3 is 20.1 Å². The van der Waals surface area contributed by atoms with E-state index in [1.54, 1.807) is 6.26 Å². The summed E-state index contributed by atoms with van der Waals surface area (Å²) in [7, 11) is 0. The van der Waals surface area contributed by atoms with Crippen LogP contribution in [0.4, 0.5) is 4.79 Å². The van der Waals surface area contributed by atoms with Gasteiger partial charge in [-0.25, -0.2) is 4.79 Å². The SMILES string of the molecule is CC(C)C(CNC(=O)OC(C)(C)C)NCC1CCC=CO1. The van der Waals surface area contributed by atoms with Crippen molar-refractivity contribution in [2.24, 2.45) is 5.92 Å². The quantitative estimate of drug-likeness (QED) is 0.791. The van der Waals surface area contributed by atoms with Crippen LogP contribution in [0.3, 0.4) is 0 Å². The van der Waals surface area contributed by atoms with E-state index >= 15 is 0 Å². The van der Waals surface area contributed by atoms with E-state index in [1.807, 2.05) is 26.8 Å². The molecule has 0 bridgehead atoms. The third-order valence-corrected chi connectivity index (χ3v) is 3.30. The Balaban J connectivity index is 2.32. The van der Waals surface area contributed by atoms with Crippen molar-refractivity contribution in [1.29, 1.82) is 0 Å². The molecule has 1 rings (SSSR count). The van der Waals surface area contributed by atoms with Crippen molar-refractivity contribution in [3.05, 3.63) is 12.3 Å². The smallest absolute Gasteiger partial charge is 0.407 e. The summed E-state index contributed by atoms with van der Waals surface area (Å²) in [6.07, 6.45) is 5.77. The summed E-state index contributed by atoms with van der Waals surface area (Å²) < 4.78 is 10.8. The maximum absolute atomic E-state index is 11.7. The molecule has 5 nitrogen and oxygen atoms in total. The predicted octanol–water partition coefficient (Wildman–Crippen LogP) is 2.82. The van der Waals surface area contributed by atoms with Gasteiger partial charge in [-0.1, -0.05) is 13.8 Å². The number of allylic oxidation sites excluding steroid dienone is 1. The van der Waals surface area contributed by atoms with Crippen LogP contribution in [-0.4, -0.2) is 36.9 Å². The monoisotopic (exact) mass is 298 g/mol. The van der Waals surface area contributed by atoms with Gasteiger partial charge in [-0.15, -0.1) is 0 Å². The van der Waals surface area contributed by atoms with Crippen LogP contribution >= 0.6 is 0 Å². The first-order valence-corrected chi connectivity index (χ1v) is 7.78. The van der Waals surface area contributed by atoms with Crippen molar-refractivity contribution in [3.63, 3.8) is 0 Å². The number of amides is 1. The Morgan fingerprint density at radius 2 is 2.14 bits per heavy atom. The lowest BCUT2D eigenvalue weighted by Crippen LogP contribution is -2.47. The maximum atomic E-state index is 11.7. The van der Waals surface area contributed by atoms with E-state index in [0.29, 0.717) is 12.5 Å². The summed E-state index contributed by atoms with van der Waals surface area (Å²) in [5.41, 5.74) is -0.465. The molecule has 0 radical (unpaired) electrons. The summed E-state index contributed by atoms with van der Waals surface area (Å²) in [5.74, 6) is 0.416. The lowest BCUT2D eigenvalue weighted by molar-refractivity contribution is 0.0517.